The number of carboxylic acid groups (broad SMARTS) is 1. The van der Waals surface area contributed by atoms with Crippen molar-refractivity contribution in [1.29, 1.82) is 0 Å². The molecule has 0 saturated heterocycles. The molecule has 3 rings (SSSR count). The van der Waals surface area contributed by atoms with Gasteiger partial charge in [-0.2, -0.15) is 0 Å². The number of hydrogen-bond donors (Lipinski definition) is 4. The van der Waals surface area contributed by atoms with Gasteiger partial charge in [-0.05, 0) is 55.3 Å². The van der Waals surface area contributed by atoms with Crippen LogP contribution in [0.1, 0.15) is 32.8 Å². The molecule has 0 spiro atoms. The summed E-state index contributed by atoms with van der Waals surface area (Å²) in [5.41, 5.74) is 8.27. The molecule has 25 heavy (non-hydrogen) atoms. The summed E-state index contributed by atoms with van der Waals surface area (Å²) in [5, 5.41) is 13.0. The summed E-state index contributed by atoms with van der Waals surface area (Å²) in [5.74, 6) is -1.26. The summed E-state index contributed by atoms with van der Waals surface area (Å²) in [6.45, 7) is 0.472. The maximum atomic E-state index is 12.5. The zero-order chi connectivity index (χ0) is 17.8. The van der Waals surface area contributed by atoms with Crippen molar-refractivity contribution in [3.05, 3.63) is 65.4 Å². The number of nitrogens with one attached hydrogen (secondary N) is 2. The van der Waals surface area contributed by atoms with Crippen molar-refractivity contribution in [2.45, 2.75) is 12.8 Å². The summed E-state index contributed by atoms with van der Waals surface area (Å²) in [7, 11) is 0. The van der Waals surface area contributed by atoms with Gasteiger partial charge in [0.15, 0.2) is 0 Å². The number of anilines is 1. The van der Waals surface area contributed by atoms with E-state index in [4.69, 9.17) is 5.73 Å². The van der Waals surface area contributed by atoms with Crippen LogP contribution in [0.2, 0.25) is 0 Å². The molecule has 0 fully saturated rings. The molecule has 2 aromatic carbocycles. The molecule has 0 radical (unpaired) electrons. The number of para-hydroxylation sites is 1. The first-order chi connectivity index (χ1) is 12.1. The van der Waals surface area contributed by atoms with Crippen LogP contribution >= 0.6 is 0 Å². The molecular formula is C19H19N3O3. The van der Waals surface area contributed by atoms with E-state index < -0.39 is 5.97 Å². The molecule has 6 heteroatoms. The average Bonchev–Trinajstić information content (AvgIpc) is 2.98. The first-order valence-corrected chi connectivity index (χ1v) is 8.04. The van der Waals surface area contributed by atoms with Crippen LogP contribution in [0.5, 0.6) is 0 Å². The fourth-order valence-electron chi connectivity index (χ4n) is 2.83. The van der Waals surface area contributed by atoms with Gasteiger partial charge in [0, 0.05) is 22.2 Å². The van der Waals surface area contributed by atoms with E-state index in [1.54, 1.807) is 18.2 Å². The zero-order valence-corrected chi connectivity index (χ0v) is 13.6. The molecule has 0 aliphatic rings. The molecule has 0 atom stereocenters. The molecule has 0 aliphatic carbocycles. The van der Waals surface area contributed by atoms with E-state index in [1.807, 2.05) is 30.3 Å². The number of aryl methyl sites for hydroxylation is 1. The first kappa shape index (κ1) is 16.7. The number of nitrogens with two attached hydrogens (primary N) is 1. The lowest BCUT2D eigenvalue weighted by atomic mass is 10.0. The van der Waals surface area contributed by atoms with Gasteiger partial charge in [0.25, 0.3) is 5.91 Å². The van der Waals surface area contributed by atoms with Crippen molar-refractivity contribution in [2.24, 2.45) is 5.73 Å². The second-order valence-electron chi connectivity index (χ2n) is 5.76. The predicted molar refractivity (Wildman–Crippen MR) is 97.0 cm³/mol. The van der Waals surface area contributed by atoms with Crippen molar-refractivity contribution in [3.63, 3.8) is 0 Å². The van der Waals surface area contributed by atoms with E-state index in [2.05, 4.69) is 10.3 Å². The Balaban J connectivity index is 1.97. The minimum Gasteiger partial charge on any atom is -0.477 e. The number of benzene rings is 2. The van der Waals surface area contributed by atoms with Crippen LogP contribution in [0.3, 0.4) is 0 Å². The minimum absolute atomic E-state index is 0.157. The molecule has 6 nitrogen and oxygen atoms in total. The monoisotopic (exact) mass is 337 g/mol. The molecule has 0 aliphatic heterocycles. The van der Waals surface area contributed by atoms with Crippen molar-refractivity contribution in [2.75, 3.05) is 11.9 Å². The number of H-pyrrole nitrogens is 1. The Bertz CT molecular complexity index is 916. The molecule has 0 saturated carbocycles. The number of carbonyl (C=O) groups is 2. The number of fused-ring (bicyclic) bond motifs is 1. The van der Waals surface area contributed by atoms with Crippen LogP contribution in [0.25, 0.3) is 10.9 Å². The number of carboxylic acids is 1. The summed E-state index contributed by atoms with van der Waals surface area (Å²) < 4.78 is 0. The molecule has 0 bridgehead atoms. The van der Waals surface area contributed by atoms with E-state index in [1.165, 1.54) is 0 Å². The van der Waals surface area contributed by atoms with Crippen molar-refractivity contribution >= 4 is 28.5 Å². The Kier molecular flexibility index (Phi) is 4.81. The van der Waals surface area contributed by atoms with E-state index in [0.29, 0.717) is 41.7 Å². The lowest BCUT2D eigenvalue weighted by molar-refractivity contribution is 0.0690. The Hall–Kier alpha value is -3.12. The van der Waals surface area contributed by atoms with Gasteiger partial charge in [0.1, 0.15) is 5.69 Å². The Morgan fingerprint density at radius 1 is 1.12 bits per heavy atom. The second kappa shape index (κ2) is 7.19. The maximum absolute atomic E-state index is 12.5. The Morgan fingerprint density at radius 3 is 2.56 bits per heavy atom. The number of aromatic carboxylic acids is 1. The molecule has 1 heterocycles. The largest absolute Gasteiger partial charge is 0.477 e. The quantitative estimate of drug-likeness (QED) is 0.554. The van der Waals surface area contributed by atoms with Gasteiger partial charge in [-0.15, -0.1) is 0 Å². The SMILES string of the molecule is NCCCc1c(C(=O)O)[nH]c2ccc(C(=O)Nc3ccccc3)cc12. The van der Waals surface area contributed by atoms with Crippen LogP contribution in [-0.2, 0) is 6.42 Å². The van der Waals surface area contributed by atoms with Gasteiger partial charge in [0.05, 0.1) is 0 Å². The van der Waals surface area contributed by atoms with Crippen molar-refractivity contribution < 1.29 is 14.7 Å². The molecule has 128 valence electrons. The second-order valence-corrected chi connectivity index (χ2v) is 5.76. The van der Waals surface area contributed by atoms with E-state index in [0.717, 1.165) is 5.39 Å². The third kappa shape index (κ3) is 3.54. The average molecular weight is 337 g/mol. The Morgan fingerprint density at radius 2 is 1.88 bits per heavy atom. The molecule has 1 aromatic heterocycles. The van der Waals surface area contributed by atoms with E-state index >= 15 is 0 Å². The summed E-state index contributed by atoms with van der Waals surface area (Å²) in [4.78, 5) is 26.9. The van der Waals surface area contributed by atoms with Gasteiger partial charge in [-0.25, -0.2) is 4.79 Å². The number of rotatable bonds is 6. The highest BCUT2D eigenvalue weighted by atomic mass is 16.4. The number of aromatic amines is 1. The van der Waals surface area contributed by atoms with Crippen LogP contribution in [0.4, 0.5) is 5.69 Å². The third-order valence-electron chi connectivity index (χ3n) is 4.04. The molecule has 0 unspecified atom stereocenters. The van der Waals surface area contributed by atoms with Gasteiger partial charge in [0.2, 0.25) is 0 Å². The fourth-order valence-corrected chi connectivity index (χ4v) is 2.83. The number of amides is 1. The highest BCUT2D eigenvalue weighted by Crippen LogP contribution is 2.25. The highest BCUT2D eigenvalue weighted by molar-refractivity contribution is 6.07. The third-order valence-corrected chi connectivity index (χ3v) is 4.04. The lowest BCUT2D eigenvalue weighted by Crippen LogP contribution is -2.11. The van der Waals surface area contributed by atoms with Crippen molar-refractivity contribution in [3.8, 4) is 0 Å². The normalized spacial score (nSPS) is 10.8. The number of aromatic nitrogens is 1. The minimum atomic E-state index is -1.02. The zero-order valence-electron chi connectivity index (χ0n) is 13.6. The topological polar surface area (TPSA) is 108 Å². The highest BCUT2D eigenvalue weighted by Gasteiger charge is 2.18. The summed E-state index contributed by atoms with van der Waals surface area (Å²) in [6.07, 6.45) is 1.22. The fraction of sp³-hybridized carbons (Fsp3) is 0.158. The van der Waals surface area contributed by atoms with Crippen LogP contribution < -0.4 is 11.1 Å². The first-order valence-electron chi connectivity index (χ1n) is 8.04. The molecule has 3 aromatic rings. The number of hydrogen-bond acceptors (Lipinski definition) is 3. The van der Waals surface area contributed by atoms with E-state index in [9.17, 15) is 14.7 Å². The maximum Gasteiger partial charge on any atom is 0.352 e. The Labute approximate surface area is 144 Å². The molecule has 1 amide bonds. The summed E-state index contributed by atoms with van der Waals surface area (Å²) >= 11 is 0. The van der Waals surface area contributed by atoms with Crippen molar-refractivity contribution in [1.82, 2.24) is 4.98 Å². The van der Waals surface area contributed by atoms with E-state index in [-0.39, 0.29) is 11.6 Å². The van der Waals surface area contributed by atoms with Gasteiger partial charge in [-0.3, -0.25) is 4.79 Å². The van der Waals surface area contributed by atoms with Crippen LogP contribution in [0.15, 0.2) is 48.5 Å². The molecule has 5 N–H and O–H groups in total. The van der Waals surface area contributed by atoms with Crippen LogP contribution in [-0.4, -0.2) is 28.5 Å². The lowest BCUT2D eigenvalue weighted by Gasteiger charge is -2.06. The van der Waals surface area contributed by atoms with Gasteiger partial charge >= 0.3 is 5.97 Å². The standard InChI is InChI=1S/C19H19N3O3/c20-10-4-7-14-15-11-12(8-9-16(15)22-17(14)19(24)25)18(23)21-13-5-2-1-3-6-13/h1-3,5-6,8-9,11,22H,4,7,10,20H2,(H,21,23)(H,24,25). The number of carbonyl (C=O) groups excluding carboxylic acids is 1. The smallest absolute Gasteiger partial charge is 0.352 e. The molecular weight excluding hydrogens is 318 g/mol. The summed E-state index contributed by atoms with van der Waals surface area (Å²) in [6, 6.07) is 14.3. The van der Waals surface area contributed by atoms with Crippen LogP contribution in [0, 0.1) is 0 Å². The van der Waals surface area contributed by atoms with Gasteiger partial charge in [-0.1, -0.05) is 18.2 Å². The predicted octanol–water partition coefficient (Wildman–Crippen LogP) is 3.01. The van der Waals surface area contributed by atoms with Gasteiger partial charge < -0.3 is 21.1 Å².